The molecule has 0 fully saturated rings. The Hall–Kier alpha value is -4.88. The molecule has 1 heteroatoms. The van der Waals surface area contributed by atoms with Crippen molar-refractivity contribution in [2.75, 3.05) is 11.9 Å². The Morgan fingerprint density at radius 2 is 0.825 bits per heavy atom. The summed E-state index contributed by atoms with van der Waals surface area (Å²) in [6, 6.07) is 56.8. The van der Waals surface area contributed by atoms with Crippen LogP contribution in [0.1, 0.15) is 22.3 Å². The summed E-state index contributed by atoms with van der Waals surface area (Å²) in [5.74, 6) is 0. The third-order valence-electron chi connectivity index (χ3n) is 7.54. The molecule has 194 valence electrons. The number of rotatable bonds is 8. The predicted octanol–water partition coefficient (Wildman–Crippen LogP) is 9.97. The van der Waals surface area contributed by atoms with Gasteiger partial charge in [-0.3, -0.25) is 0 Å². The van der Waals surface area contributed by atoms with Crippen LogP contribution in [-0.2, 0) is 12.8 Å². The zero-order valence-electron chi connectivity index (χ0n) is 22.9. The van der Waals surface area contributed by atoms with E-state index in [0.29, 0.717) is 0 Å². The number of hydrogen-bond acceptors (Lipinski definition) is 1. The lowest BCUT2D eigenvalue weighted by Gasteiger charge is -2.21. The van der Waals surface area contributed by atoms with Crippen molar-refractivity contribution < 1.29 is 0 Å². The second kappa shape index (κ2) is 11.9. The molecule has 6 aromatic carbocycles. The highest BCUT2D eigenvalue weighted by atomic mass is 15.1. The third kappa shape index (κ3) is 6.06. The minimum atomic E-state index is 0.946. The van der Waals surface area contributed by atoms with Gasteiger partial charge in [0, 0.05) is 18.4 Å². The van der Waals surface area contributed by atoms with Crippen molar-refractivity contribution >= 4 is 11.4 Å². The minimum absolute atomic E-state index is 0.946. The van der Waals surface area contributed by atoms with E-state index in [1.54, 1.807) is 0 Å². The molecule has 1 nitrogen and oxygen atoms in total. The van der Waals surface area contributed by atoms with Crippen LogP contribution in [0.5, 0.6) is 0 Å². The first-order valence-electron chi connectivity index (χ1n) is 13.9. The summed E-state index contributed by atoms with van der Waals surface area (Å²) in [5, 5.41) is 0. The highest BCUT2D eigenvalue weighted by Gasteiger charge is 2.08. The van der Waals surface area contributed by atoms with E-state index >= 15 is 0 Å². The average Bonchev–Trinajstić information content (AvgIpc) is 3.02. The molecule has 0 aliphatic rings. The first-order valence-corrected chi connectivity index (χ1v) is 13.9. The quantitative estimate of drug-likeness (QED) is 0.195. The number of anilines is 2. The van der Waals surface area contributed by atoms with Crippen molar-refractivity contribution in [3.05, 3.63) is 180 Å². The van der Waals surface area contributed by atoms with Crippen LogP contribution in [0.25, 0.3) is 22.3 Å². The lowest BCUT2D eigenvalue weighted by Crippen LogP contribution is -2.09. The Balaban J connectivity index is 1.16. The molecule has 0 saturated carbocycles. The van der Waals surface area contributed by atoms with E-state index in [1.165, 1.54) is 55.9 Å². The van der Waals surface area contributed by atoms with E-state index in [4.69, 9.17) is 0 Å². The van der Waals surface area contributed by atoms with Crippen LogP contribution < -0.4 is 4.90 Å². The van der Waals surface area contributed by atoms with Crippen LogP contribution >= 0.6 is 0 Å². The summed E-state index contributed by atoms with van der Waals surface area (Å²) in [4.78, 5) is 2.25. The molecule has 0 heterocycles. The summed E-state index contributed by atoms with van der Waals surface area (Å²) >= 11 is 0. The molecule has 0 atom stereocenters. The summed E-state index contributed by atoms with van der Waals surface area (Å²) in [5.41, 5.74) is 12.6. The monoisotopic (exact) mass is 515 g/mol. The Morgan fingerprint density at radius 3 is 1.45 bits per heavy atom. The van der Waals surface area contributed by atoms with E-state index in [0.717, 1.165) is 12.8 Å². The van der Waals surface area contributed by atoms with Gasteiger partial charge in [0.05, 0.1) is 0 Å². The van der Waals surface area contributed by atoms with Gasteiger partial charge in [-0.25, -0.2) is 0 Å². The largest absolute Gasteiger partial charge is 0.345 e. The van der Waals surface area contributed by atoms with E-state index in [9.17, 15) is 0 Å². The Bertz CT molecular complexity index is 1670. The minimum Gasteiger partial charge on any atom is -0.345 e. The highest BCUT2D eigenvalue weighted by Crippen LogP contribution is 2.31. The molecule has 0 saturated heterocycles. The van der Waals surface area contributed by atoms with Gasteiger partial charge in [0.1, 0.15) is 0 Å². The van der Waals surface area contributed by atoms with E-state index in [1.807, 2.05) is 0 Å². The molecule has 40 heavy (non-hydrogen) atoms. The molecule has 0 amide bonds. The molecule has 0 aliphatic heterocycles. The first-order chi connectivity index (χ1) is 19.7. The van der Waals surface area contributed by atoms with Crippen molar-refractivity contribution in [1.82, 2.24) is 0 Å². The molecule has 0 aromatic heterocycles. The van der Waals surface area contributed by atoms with Gasteiger partial charge in [0.2, 0.25) is 0 Å². The van der Waals surface area contributed by atoms with Gasteiger partial charge in [-0.15, -0.1) is 0 Å². The molecule has 6 rings (SSSR count). The van der Waals surface area contributed by atoms with Crippen LogP contribution in [0.3, 0.4) is 0 Å². The molecule has 0 bridgehead atoms. The van der Waals surface area contributed by atoms with Crippen molar-refractivity contribution in [3.8, 4) is 22.3 Å². The van der Waals surface area contributed by atoms with Crippen LogP contribution in [0.15, 0.2) is 158 Å². The molecule has 0 spiro atoms. The van der Waals surface area contributed by atoms with Crippen molar-refractivity contribution in [1.29, 1.82) is 0 Å². The van der Waals surface area contributed by atoms with Crippen LogP contribution in [0.2, 0.25) is 0 Å². The summed E-state index contributed by atoms with van der Waals surface area (Å²) in [6.45, 7) is 0. The smallest absolute Gasteiger partial charge is 0.0414 e. The van der Waals surface area contributed by atoms with Gasteiger partial charge >= 0.3 is 0 Å². The summed E-state index contributed by atoms with van der Waals surface area (Å²) < 4.78 is 0. The Kier molecular flexibility index (Phi) is 7.55. The average molecular weight is 516 g/mol. The fourth-order valence-electron chi connectivity index (χ4n) is 5.26. The van der Waals surface area contributed by atoms with Crippen molar-refractivity contribution in [2.45, 2.75) is 12.8 Å². The zero-order valence-corrected chi connectivity index (χ0v) is 22.9. The highest BCUT2D eigenvalue weighted by molar-refractivity contribution is 5.74. The molecule has 0 radical (unpaired) electrons. The first kappa shape index (κ1) is 25.4. The van der Waals surface area contributed by atoms with Gasteiger partial charge in [-0.2, -0.15) is 0 Å². The van der Waals surface area contributed by atoms with Gasteiger partial charge in [0.15, 0.2) is 0 Å². The second-order valence-electron chi connectivity index (χ2n) is 10.4. The number of benzene rings is 6. The van der Waals surface area contributed by atoms with Gasteiger partial charge in [-0.1, -0.05) is 133 Å². The van der Waals surface area contributed by atoms with E-state index in [-0.39, 0.29) is 0 Å². The Morgan fingerprint density at radius 1 is 0.350 bits per heavy atom. The molecule has 0 aliphatic carbocycles. The fraction of sp³-hybridized carbons (Fsp3) is 0.0769. The summed E-state index contributed by atoms with van der Waals surface area (Å²) in [6.07, 6.45) is 1.90. The maximum Gasteiger partial charge on any atom is 0.0414 e. The van der Waals surface area contributed by atoms with Crippen molar-refractivity contribution in [2.24, 2.45) is 0 Å². The van der Waals surface area contributed by atoms with E-state index in [2.05, 4.69) is 170 Å². The van der Waals surface area contributed by atoms with Crippen LogP contribution in [-0.4, -0.2) is 7.05 Å². The van der Waals surface area contributed by atoms with Gasteiger partial charge in [0.25, 0.3) is 0 Å². The second-order valence-corrected chi connectivity index (χ2v) is 10.4. The lowest BCUT2D eigenvalue weighted by atomic mass is 9.99. The van der Waals surface area contributed by atoms with Gasteiger partial charge < -0.3 is 4.90 Å². The maximum atomic E-state index is 2.31. The van der Waals surface area contributed by atoms with Crippen LogP contribution in [0.4, 0.5) is 11.4 Å². The predicted molar refractivity (Wildman–Crippen MR) is 170 cm³/mol. The van der Waals surface area contributed by atoms with E-state index < -0.39 is 0 Å². The third-order valence-corrected chi connectivity index (χ3v) is 7.54. The van der Waals surface area contributed by atoms with Crippen LogP contribution in [0, 0.1) is 0 Å². The standard InChI is InChI=1S/C39H33N/c1-40(38-24-22-35(23-25-38)36-15-8-14-33(28-36)27-31-12-6-3-7-13-31)39-17-9-16-37(29-39)34-20-18-32(19-21-34)26-30-10-4-2-5-11-30/h2-25,28-29H,26-27H2,1H3. The number of nitrogens with zero attached hydrogens (tertiary/aromatic N) is 1. The molecule has 0 N–H and O–H groups in total. The number of hydrogen-bond donors (Lipinski definition) is 0. The lowest BCUT2D eigenvalue weighted by molar-refractivity contribution is 1.19. The fourth-order valence-corrected chi connectivity index (χ4v) is 5.26. The van der Waals surface area contributed by atoms with Crippen molar-refractivity contribution in [3.63, 3.8) is 0 Å². The molecule has 0 unspecified atom stereocenters. The summed E-state index contributed by atoms with van der Waals surface area (Å²) in [7, 11) is 2.14. The molecular weight excluding hydrogens is 482 g/mol. The molecule has 6 aromatic rings. The normalized spacial score (nSPS) is 10.8. The topological polar surface area (TPSA) is 3.24 Å². The van der Waals surface area contributed by atoms with Gasteiger partial charge in [-0.05, 0) is 81.6 Å². The Labute approximate surface area is 238 Å². The molecular formula is C39H33N. The maximum absolute atomic E-state index is 2.31. The SMILES string of the molecule is CN(c1ccc(-c2cccc(Cc3ccccc3)c2)cc1)c1cccc(-c2ccc(Cc3ccccc3)cc2)c1. The zero-order chi connectivity index (χ0) is 27.1.